The fourth-order valence-electron chi connectivity index (χ4n) is 2.99. The highest BCUT2D eigenvalue weighted by Crippen LogP contribution is 2.27. The average Bonchev–Trinajstić information content (AvgIpc) is 2.55. The summed E-state index contributed by atoms with van der Waals surface area (Å²) in [5.74, 6) is 0.470. The number of hydrogen-bond donors (Lipinski definition) is 3. The third-order valence-electron chi connectivity index (χ3n) is 4.02. The van der Waals surface area contributed by atoms with Gasteiger partial charge < -0.3 is 20.7 Å². The first-order chi connectivity index (χ1) is 11.6. The molecule has 1 aromatic carbocycles. The lowest BCUT2D eigenvalue weighted by Crippen LogP contribution is -2.46. The van der Waals surface area contributed by atoms with Gasteiger partial charge in [0.05, 0.1) is 19.1 Å². The van der Waals surface area contributed by atoms with E-state index in [-0.39, 0.29) is 24.3 Å². The Balaban J connectivity index is 2.07. The number of amides is 2. The Kier molecular flexibility index (Phi) is 7.06. The van der Waals surface area contributed by atoms with E-state index in [1.807, 2.05) is 31.2 Å². The molecule has 1 aliphatic rings. The molecule has 0 radical (unpaired) electrons. The van der Waals surface area contributed by atoms with Crippen LogP contribution < -0.4 is 20.7 Å². The summed E-state index contributed by atoms with van der Waals surface area (Å²) in [6, 6.07) is 7.27. The van der Waals surface area contributed by atoms with Crippen molar-refractivity contribution in [1.82, 2.24) is 16.0 Å². The minimum absolute atomic E-state index is 0.0613. The Morgan fingerprint density at radius 1 is 1.38 bits per heavy atom. The lowest BCUT2D eigenvalue weighted by Gasteiger charge is -2.26. The highest BCUT2D eigenvalue weighted by Gasteiger charge is 2.22. The van der Waals surface area contributed by atoms with Gasteiger partial charge in [0.2, 0.25) is 11.8 Å². The summed E-state index contributed by atoms with van der Waals surface area (Å²) in [7, 11) is 0. The molecule has 2 rings (SSSR count). The van der Waals surface area contributed by atoms with Gasteiger partial charge in [-0.25, -0.2) is 0 Å². The van der Waals surface area contributed by atoms with Gasteiger partial charge in [-0.05, 0) is 32.4 Å². The summed E-state index contributed by atoms with van der Waals surface area (Å²) in [6.45, 7) is 5.70. The number of nitrogens with one attached hydrogen (secondary N) is 3. The molecular weight excluding hydrogens is 306 g/mol. The normalized spacial score (nSPS) is 18.5. The van der Waals surface area contributed by atoms with Crippen LogP contribution in [0.15, 0.2) is 24.3 Å². The maximum absolute atomic E-state index is 12.4. The second kappa shape index (κ2) is 9.27. The van der Waals surface area contributed by atoms with Crippen LogP contribution in [-0.4, -0.2) is 37.6 Å². The van der Waals surface area contributed by atoms with Crippen molar-refractivity contribution in [3.63, 3.8) is 0 Å². The monoisotopic (exact) mass is 333 g/mol. The Labute approximate surface area is 143 Å². The van der Waals surface area contributed by atoms with Gasteiger partial charge in [0.25, 0.3) is 0 Å². The Bertz CT molecular complexity index is 556. The third kappa shape index (κ3) is 5.53. The highest BCUT2D eigenvalue weighted by atomic mass is 16.5. The summed E-state index contributed by atoms with van der Waals surface area (Å²) in [4.78, 5) is 24.0. The first-order valence-electron chi connectivity index (χ1n) is 8.59. The largest absolute Gasteiger partial charge is 0.494 e. The molecule has 6 nitrogen and oxygen atoms in total. The van der Waals surface area contributed by atoms with Gasteiger partial charge in [0.15, 0.2) is 0 Å². The van der Waals surface area contributed by atoms with Crippen LogP contribution in [-0.2, 0) is 9.59 Å². The molecule has 6 heteroatoms. The van der Waals surface area contributed by atoms with Gasteiger partial charge in [0.1, 0.15) is 5.75 Å². The average molecular weight is 333 g/mol. The molecular formula is C18H27N3O3. The van der Waals surface area contributed by atoms with Gasteiger partial charge in [-0.1, -0.05) is 18.2 Å². The van der Waals surface area contributed by atoms with E-state index in [1.54, 1.807) is 0 Å². The lowest BCUT2D eigenvalue weighted by atomic mass is 10.0. The van der Waals surface area contributed by atoms with Crippen molar-refractivity contribution in [2.75, 3.05) is 19.7 Å². The third-order valence-corrected chi connectivity index (χ3v) is 4.02. The van der Waals surface area contributed by atoms with Gasteiger partial charge >= 0.3 is 0 Å². The fourth-order valence-corrected chi connectivity index (χ4v) is 2.99. The Hall–Kier alpha value is -2.08. The summed E-state index contributed by atoms with van der Waals surface area (Å²) in [6.07, 6.45) is 2.24. The number of hydrogen-bond acceptors (Lipinski definition) is 4. The number of ether oxygens (including phenoxy) is 1. The number of piperidine rings is 1. The van der Waals surface area contributed by atoms with E-state index >= 15 is 0 Å². The summed E-state index contributed by atoms with van der Waals surface area (Å²) < 4.78 is 5.64. The zero-order valence-corrected chi connectivity index (χ0v) is 14.4. The van der Waals surface area contributed by atoms with Crippen LogP contribution in [0.25, 0.3) is 0 Å². The maximum atomic E-state index is 12.4. The molecule has 1 saturated heterocycles. The predicted octanol–water partition coefficient (Wildman–Crippen LogP) is 1.52. The molecule has 0 spiro atoms. The van der Waals surface area contributed by atoms with Gasteiger partial charge in [0, 0.05) is 25.1 Å². The molecule has 1 aromatic rings. The SMILES string of the molecule is CCOc1ccccc1C(CC(=O)N[C@H]1CCCNC1)NC(C)=O. The Morgan fingerprint density at radius 3 is 2.83 bits per heavy atom. The number of carbonyl (C=O) groups excluding carboxylic acids is 2. The van der Waals surface area contributed by atoms with Gasteiger partial charge in [-0.15, -0.1) is 0 Å². The van der Waals surface area contributed by atoms with Crippen molar-refractivity contribution in [1.29, 1.82) is 0 Å². The standard InChI is InChI=1S/C18H27N3O3/c1-3-24-17-9-5-4-8-15(17)16(20-13(2)22)11-18(23)21-14-7-6-10-19-12-14/h4-5,8-9,14,16,19H,3,6-7,10-12H2,1-2H3,(H,20,22)(H,21,23)/t14-,16?/m0/s1. The second-order valence-corrected chi connectivity index (χ2v) is 6.04. The first kappa shape index (κ1) is 18.3. The van der Waals surface area contributed by atoms with Crippen LogP contribution >= 0.6 is 0 Å². The number of benzene rings is 1. The molecule has 0 bridgehead atoms. The topological polar surface area (TPSA) is 79.5 Å². The molecule has 2 atom stereocenters. The van der Waals surface area contributed by atoms with E-state index in [4.69, 9.17) is 4.74 Å². The van der Waals surface area contributed by atoms with Crippen LogP contribution in [0.1, 0.15) is 44.7 Å². The summed E-state index contributed by atoms with van der Waals surface area (Å²) in [5.41, 5.74) is 0.825. The number of para-hydroxylation sites is 1. The van der Waals surface area contributed by atoms with Crippen molar-refractivity contribution in [3.05, 3.63) is 29.8 Å². The molecule has 132 valence electrons. The van der Waals surface area contributed by atoms with Gasteiger partial charge in [-0.2, -0.15) is 0 Å². The van der Waals surface area contributed by atoms with E-state index in [1.165, 1.54) is 6.92 Å². The quantitative estimate of drug-likeness (QED) is 0.707. The van der Waals surface area contributed by atoms with Crippen molar-refractivity contribution < 1.29 is 14.3 Å². The zero-order chi connectivity index (χ0) is 17.4. The van der Waals surface area contributed by atoms with Crippen molar-refractivity contribution in [3.8, 4) is 5.75 Å². The Morgan fingerprint density at radius 2 is 2.17 bits per heavy atom. The minimum atomic E-state index is -0.401. The van der Waals surface area contributed by atoms with Crippen LogP contribution in [0.3, 0.4) is 0 Å². The molecule has 24 heavy (non-hydrogen) atoms. The summed E-state index contributed by atoms with van der Waals surface area (Å²) in [5, 5.41) is 9.20. The second-order valence-electron chi connectivity index (χ2n) is 6.04. The van der Waals surface area contributed by atoms with E-state index < -0.39 is 6.04 Å². The molecule has 0 saturated carbocycles. The molecule has 1 unspecified atom stereocenters. The van der Waals surface area contributed by atoms with Crippen LogP contribution in [0.2, 0.25) is 0 Å². The van der Waals surface area contributed by atoms with Gasteiger partial charge in [-0.3, -0.25) is 9.59 Å². The fraction of sp³-hybridized carbons (Fsp3) is 0.556. The number of carbonyl (C=O) groups is 2. The lowest BCUT2D eigenvalue weighted by molar-refractivity contribution is -0.123. The van der Waals surface area contributed by atoms with Crippen molar-refractivity contribution in [2.24, 2.45) is 0 Å². The van der Waals surface area contributed by atoms with E-state index in [9.17, 15) is 9.59 Å². The summed E-state index contributed by atoms with van der Waals surface area (Å²) >= 11 is 0. The van der Waals surface area contributed by atoms with Crippen LogP contribution in [0, 0.1) is 0 Å². The van der Waals surface area contributed by atoms with E-state index in [2.05, 4.69) is 16.0 Å². The molecule has 0 aliphatic carbocycles. The molecule has 0 aromatic heterocycles. The van der Waals surface area contributed by atoms with E-state index in [0.29, 0.717) is 12.4 Å². The number of rotatable bonds is 7. The van der Waals surface area contributed by atoms with Crippen molar-refractivity contribution in [2.45, 2.75) is 45.2 Å². The molecule has 3 N–H and O–H groups in total. The first-order valence-corrected chi connectivity index (χ1v) is 8.59. The molecule has 2 amide bonds. The zero-order valence-electron chi connectivity index (χ0n) is 14.4. The van der Waals surface area contributed by atoms with Crippen molar-refractivity contribution >= 4 is 11.8 Å². The molecule has 1 fully saturated rings. The van der Waals surface area contributed by atoms with Crippen LogP contribution in [0.5, 0.6) is 5.75 Å². The maximum Gasteiger partial charge on any atom is 0.222 e. The predicted molar refractivity (Wildman–Crippen MR) is 92.8 cm³/mol. The molecule has 1 heterocycles. The smallest absolute Gasteiger partial charge is 0.222 e. The minimum Gasteiger partial charge on any atom is -0.494 e. The van der Waals surface area contributed by atoms with Crippen LogP contribution in [0.4, 0.5) is 0 Å². The highest BCUT2D eigenvalue weighted by molar-refractivity contribution is 5.79. The van der Waals surface area contributed by atoms with E-state index in [0.717, 1.165) is 31.5 Å². The molecule has 1 aliphatic heterocycles.